The Hall–Kier alpha value is -1.44. The van der Waals surface area contributed by atoms with E-state index in [1.165, 1.54) is 12.1 Å². The van der Waals surface area contributed by atoms with Crippen LogP contribution in [-0.2, 0) is 10.0 Å². The maximum absolute atomic E-state index is 12.9. The molecule has 1 amide bonds. The number of amides is 1. The lowest BCUT2D eigenvalue weighted by Gasteiger charge is -2.28. The fraction of sp³-hybridized carbons (Fsp3) is 0.632. The van der Waals surface area contributed by atoms with E-state index < -0.39 is 10.0 Å². The topological polar surface area (TPSA) is 69.7 Å². The highest BCUT2D eigenvalue weighted by Crippen LogP contribution is 2.13. The third-order valence-corrected chi connectivity index (χ3v) is 5.76. The van der Waals surface area contributed by atoms with E-state index in [0.29, 0.717) is 31.1 Å². The van der Waals surface area contributed by atoms with Crippen LogP contribution in [0, 0.1) is 5.92 Å². The number of hydrogen-bond donors (Lipinski definition) is 1. The molecular formula is C19H33N3O3S. The average molecular weight is 384 g/mol. The molecule has 0 atom stereocenters. The van der Waals surface area contributed by atoms with Crippen LogP contribution in [0.4, 0.5) is 0 Å². The lowest BCUT2D eigenvalue weighted by molar-refractivity contribution is 0.0716. The number of sulfonamides is 1. The van der Waals surface area contributed by atoms with E-state index in [1.54, 1.807) is 19.1 Å². The molecule has 0 saturated carbocycles. The Morgan fingerprint density at radius 3 is 2.08 bits per heavy atom. The molecule has 148 valence electrons. The van der Waals surface area contributed by atoms with E-state index in [9.17, 15) is 13.2 Å². The van der Waals surface area contributed by atoms with E-state index >= 15 is 0 Å². The summed E-state index contributed by atoms with van der Waals surface area (Å²) in [5.41, 5.74) is 0.514. The molecule has 0 radical (unpaired) electrons. The number of hydrogen-bond acceptors (Lipinski definition) is 4. The van der Waals surface area contributed by atoms with Crippen molar-refractivity contribution in [3.8, 4) is 0 Å². The van der Waals surface area contributed by atoms with Crippen LogP contribution in [0.5, 0.6) is 0 Å². The highest BCUT2D eigenvalue weighted by Gasteiger charge is 2.19. The summed E-state index contributed by atoms with van der Waals surface area (Å²) in [7, 11) is -3.50. The molecule has 0 saturated heterocycles. The summed E-state index contributed by atoms with van der Waals surface area (Å²) >= 11 is 0. The molecule has 0 bridgehead atoms. The van der Waals surface area contributed by atoms with Gasteiger partial charge in [-0.3, -0.25) is 4.79 Å². The highest BCUT2D eigenvalue weighted by atomic mass is 32.2. The minimum atomic E-state index is -3.50. The van der Waals surface area contributed by atoms with Crippen molar-refractivity contribution in [2.75, 3.05) is 39.3 Å². The summed E-state index contributed by atoms with van der Waals surface area (Å²) in [5, 5.41) is 0. The molecule has 26 heavy (non-hydrogen) atoms. The fourth-order valence-electron chi connectivity index (χ4n) is 2.75. The van der Waals surface area contributed by atoms with Crippen molar-refractivity contribution in [2.24, 2.45) is 5.92 Å². The van der Waals surface area contributed by atoms with Crippen molar-refractivity contribution in [1.82, 2.24) is 14.5 Å². The van der Waals surface area contributed by atoms with Gasteiger partial charge in [0.25, 0.3) is 5.91 Å². The van der Waals surface area contributed by atoms with Gasteiger partial charge in [-0.25, -0.2) is 13.1 Å². The molecule has 0 heterocycles. The molecule has 0 fully saturated rings. The number of carbonyl (C=O) groups is 1. The quantitative estimate of drug-likeness (QED) is 0.637. The summed E-state index contributed by atoms with van der Waals surface area (Å²) < 4.78 is 26.5. The van der Waals surface area contributed by atoms with Crippen LogP contribution in [0.25, 0.3) is 0 Å². The van der Waals surface area contributed by atoms with Crippen LogP contribution in [-0.4, -0.2) is 63.4 Å². The first-order chi connectivity index (χ1) is 12.2. The van der Waals surface area contributed by atoms with Gasteiger partial charge in [-0.2, -0.15) is 0 Å². The van der Waals surface area contributed by atoms with Crippen LogP contribution >= 0.6 is 0 Å². The number of rotatable bonds is 11. The highest BCUT2D eigenvalue weighted by molar-refractivity contribution is 7.89. The molecule has 6 nitrogen and oxygen atoms in total. The van der Waals surface area contributed by atoms with Gasteiger partial charge in [-0.1, -0.05) is 34.6 Å². The van der Waals surface area contributed by atoms with Crippen LogP contribution in [0.2, 0.25) is 0 Å². The lowest BCUT2D eigenvalue weighted by Crippen LogP contribution is -2.40. The van der Waals surface area contributed by atoms with Gasteiger partial charge in [0.15, 0.2) is 0 Å². The number of nitrogens with one attached hydrogen (secondary N) is 1. The summed E-state index contributed by atoms with van der Waals surface area (Å²) in [6, 6.07) is 6.17. The lowest BCUT2D eigenvalue weighted by atomic mass is 10.1. The predicted octanol–water partition coefficient (Wildman–Crippen LogP) is 2.42. The normalized spacial score (nSPS) is 12.0. The maximum Gasteiger partial charge on any atom is 0.253 e. The minimum Gasteiger partial charge on any atom is -0.337 e. The van der Waals surface area contributed by atoms with Gasteiger partial charge in [0, 0.05) is 31.7 Å². The summed E-state index contributed by atoms with van der Waals surface area (Å²) in [5.74, 6) is 0.308. The van der Waals surface area contributed by atoms with Crippen molar-refractivity contribution >= 4 is 15.9 Å². The summed E-state index contributed by atoms with van der Waals surface area (Å²) in [6.45, 7) is 14.5. The maximum atomic E-state index is 12.9. The van der Waals surface area contributed by atoms with Crippen molar-refractivity contribution < 1.29 is 13.2 Å². The van der Waals surface area contributed by atoms with Crippen molar-refractivity contribution in [2.45, 2.75) is 39.5 Å². The minimum absolute atomic E-state index is 0.0572. The zero-order valence-corrected chi connectivity index (χ0v) is 17.5. The molecule has 0 aromatic heterocycles. The second kappa shape index (κ2) is 10.6. The Bertz CT molecular complexity index is 653. The molecular weight excluding hydrogens is 350 g/mol. The predicted molar refractivity (Wildman–Crippen MR) is 106 cm³/mol. The smallest absolute Gasteiger partial charge is 0.253 e. The van der Waals surface area contributed by atoms with E-state index in [2.05, 4.69) is 37.3 Å². The standard InChI is InChI=1S/C19H33N3O3S/c1-6-20-26(24,25)18-11-9-17(10-12-18)19(23)22(15-16(4)5)14-13-21(7-2)8-3/h9-12,16,20H,6-8,13-15H2,1-5H3. The zero-order chi connectivity index (χ0) is 19.7. The molecule has 7 heteroatoms. The Morgan fingerprint density at radius 1 is 1.04 bits per heavy atom. The molecule has 0 unspecified atom stereocenters. The first kappa shape index (κ1) is 22.6. The molecule has 0 aliphatic heterocycles. The van der Waals surface area contributed by atoms with Gasteiger partial charge in [0.1, 0.15) is 0 Å². The molecule has 1 rings (SSSR count). The SMILES string of the molecule is CCNS(=O)(=O)c1ccc(C(=O)N(CCN(CC)CC)CC(C)C)cc1. The fourth-order valence-corrected chi connectivity index (χ4v) is 3.79. The Morgan fingerprint density at radius 2 is 1.62 bits per heavy atom. The second-order valence-corrected chi connectivity index (χ2v) is 8.46. The van der Waals surface area contributed by atoms with E-state index in [0.717, 1.165) is 19.6 Å². The van der Waals surface area contributed by atoms with Crippen molar-refractivity contribution in [1.29, 1.82) is 0 Å². The molecule has 0 spiro atoms. The molecule has 0 aliphatic rings. The van der Waals surface area contributed by atoms with Crippen LogP contribution in [0.1, 0.15) is 45.0 Å². The van der Waals surface area contributed by atoms with Gasteiger partial charge in [0.2, 0.25) is 10.0 Å². The number of nitrogens with zero attached hydrogens (tertiary/aromatic N) is 2. The van der Waals surface area contributed by atoms with E-state index in [4.69, 9.17) is 0 Å². The summed E-state index contributed by atoms with van der Waals surface area (Å²) in [6.07, 6.45) is 0. The molecule has 0 aliphatic carbocycles. The number of benzene rings is 1. The summed E-state index contributed by atoms with van der Waals surface area (Å²) in [4.78, 5) is 17.2. The monoisotopic (exact) mass is 383 g/mol. The molecule has 1 aromatic rings. The molecule has 1 N–H and O–H groups in total. The van der Waals surface area contributed by atoms with Crippen LogP contribution in [0.15, 0.2) is 29.2 Å². The van der Waals surface area contributed by atoms with Crippen molar-refractivity contribution in [3.05, 3.63) is 29.8 Å². The molecule has 1 aromatic carbocycles. The van der Waals surface area contributed by atoms with Crippen LogP contribution in [0.3, 0.4) is 0 Å². The van der Waals surface area contributed by atoms with Gasteiger partial charge in [0.05, 0.1) is 4.90 Å². The second-order valence-electron chi connectivity index (χ2n) is 6.70. The Labute approximate surface area is 158 Å². The van der Waals surface area contributed by atoms with Crippen molar-refractivity contribution in [3.63, 3.8) is 0 Å². The average Bonchev–Trinajstić information content (AvgIpc) is 2.60. The van der Waals surface area contributed by atoms with E-state index in [1.807, 2.05) is 4.90 Å². The van der Waals surface area contributed by atoms with Gasteiger partial charge >= 0.3 is 0 Å². The third-order valence-electron chi connectivity index (χ3n) is 4.20. The van der Waals surface area contributed by atoms with E-state index in [-0.39, 0.29) is 10.8 Å². The van der Waals surface area contributed by atoms with Gasteiger partial charge in [-0.15, -0.1) is 0 Å². The number of carbonyl (C=O) groups excluding carboxylic acids is 1. The zero-order valence-electron chi connectivity index (χ0n) is 16.7. The third kappa shape index (κ3) is 6.70. The largest absolute Gasteiger partial charge is 0.337 e. The first-order valence-corrected chi connectivity index (χ1v) is 10.8. The van der Waals surface area contributed by atoms with Crippen LogP contribution < -0.4 is 4.72 Å². The number of likely N-dealkylation sites (N-methyl/N-ethyl adjacent to an activating group) is 1. The Balaban J connectivity index is 2.93. The van der Waals surface area contributed by atoms with Gasteiger partial charge in [-0.05, 0) is 43.3 Å². The first-order valence-electron chi connectivity index (χ1n) is 9.36. The van der Waals surface area contributed by atoms with Gasteiger partial charge < -0.3 is 9.80 Å². The Kier molecular flexibility index (Phi) is 9.25.